The van der Waals surface area contributed by atoms with Gasteiger partial charge in [-0.15, -0.1) is 6.58 Å². The van der Waals surface area contributed by atoms with Gasteiger partial charge in [-0.3, -0.25) is 0 Å². The molecule has 11 atom stereocenters. The Morgan fingerprint density at radius 2 is 1.08 bits per heavy atom. The molecule has 3 aliphatic heterocycles. The molecule has 63 heavy (non-hydrogen) atoms. The Balaban J connectivity index is 1.14. The van der Waals surface area contributed by atoms with Crippen LogP contribution in [0.15, 0.2) is 164 Å². The van der Waals surface area contributed by atoms with E-state index >= 15 is 0 Å². The Labute approximate surface area is 370 Å². The van der Waals surface area contributed by atoms with Crippen LogP contribution in [0.3, 0.4) is 0 Å². The molecule has 332 valence electrons. The summed E-state index contributed by atoms with van der Waals surface area (Å²) in [4.78, 5) is 0. The highest BCUT2D eigenvalue weighted by atomic mass is 16.8. The summed E-state index contributed by atoms with van der Waals surface area (Å²) in [6, 6.07) is 49.5. The third kappa shape index (κ3) is 12.4. The van der Waals surface area contributed by atoms with Gasteiger partial charge in [0.05, 0.1) is 46.2 Å². The lowest BCUT2D eigenvalue weighted by atomic mass is 9.95. The van der Waals surface area contributed by atoms with Crippen molar-refractivity contribution in [3.8, 4) is 0 Å². The standard InChI is InChI=1S/C52H58O11/c1-2-3-19-30-55-51-44(53)47(46-43(60-51)36-59-50(62-46)41-28-17-8-18-29-41)63-52-49(58-34-40-26-15-7-16-27-40)48(57-33-39-24-13-6-14-25-39)45(56-32-38-22-11-5-12-23-38)42(61-52)35-54-31-37-20-9-4-10-21-37/h2,4-18,20-29,42-53H,1,3,19,30-36H2/t42-,43-,44-,45+,46+,47-,48+,49-,50?,51-,52+/m1/s1. The van der Waals surface area contributed by atoms with Crippen molar-refractivity contribution in [1.82, 2.24) is 0 Å². The van der Waals surface area contributed by atoms with Crippen molar-refractivity contribution in [3.63, 3.8) is 0 Å². The Kier molecular flexibility index (Phi) is 16.7. The van der Waals surface area contributed by atoms with Gasteiger partial charge in [-0.25, -0.2) is 0 Å². The van der Waals surface area contributed by atoms with Crippen LogP contribution in [0.5, 0.6) is 0 Å². The van der Waals surface area contributed by atoms with Crippen molar-refractivity contribution in [3.05, 3.63) is 192 Å². The van der Waals surface area contributed by atoms with Gasteiger partial charge in [0.2, 0.25) is 0 Å². The first-order valence-corrected chi connectivity index (χ1v) is 21.9. The number of aliphatic hydroxyl groups excluding tert-OH is 1. The van der Waals surface area contributed by atoms with Crippen LogP contribution in [-0.2, 0) is 73.8 Å². The normalized spacial score (nSPS) is 28.2. The maximum Gasteiger partial charge on any atom is 0.187 e. The third-order valence-corrected chi connectivity index (χ3v) is 11.3. The van der Waals surface area contributed by atoms with E-state index in [-0.39, 0.29) is 33.0 Å². The van der Waals surface area contributed by atoms with Crippen molar-refractivity contribution in [2.45, 2.75) is 107 Å². The molecule has 3 aliphatic rings. The number of hydrogen-bond acceptors (Lipinski definition) is 11. The van der Waals surface area contributed by atoms with E-state index in [2.05, 4.69) is 6.58 Å². The summed E-state index contributed by atoms with van der Waals surface area (Å²) in [7, 11) is 0. The largest absolute Gasteiger partial charge is 0.385 e. The summed E-state index contributed by atoms with van der Waals surface area (Å²) in [6.07, 6.45) is -6.30. The zero-order chi connectivity index (χ0) is 43.1. The van der Waals surface area contributed by atoms with Crippen molar-refractivity contribution in [2.24, 2.45) is 0 Å². The fraction of sp³-hybridized carbons (Fsp3) is 0.385. The summed E-state index contributed by atoms with van der Waals surface area (Å²) in [5, 5.41) is 12.2. The summed E-state index contributed by atoms with van der Waals surface area (Å²) < 4.78 is 66.7. The van der Waals surface area contributed by atoms with Crippen LogP contribution in [0.1, 0.15) is 46.9 Å². The zero-order valence-electron chi connectivity index (χ0n) is 35.5. The van der Waals surface area contributed by atoms with E-state index in [0.717, 1.165) is 34.2 Å². The Bertz CT molecular complexity index is 2040. The number of fused-ring (bicyclic) bond motifs is 1. The van der Waals surface area contributed by atoms with E-state index in [4.69, 9.17) is 47.4 Å². The van der Waals surface area contributed by atoms with E-state index in [1.54, 1.807) is 0 Å². The lowest BCUT2D eigenvalue weighted by molar-refractivity contribution is -0.397. The van der Waals surface area contributed by atoms with Crippen molar-refractivity contribution >= 4 is 0 Å². The number of benzene rings is 5. The Morgan fingerprint density at radius 1 is 0.556 bits per heavy atom. The minimum atomic E-state index is -1.29. The van der Waals surface area contributed by atoms with Gasteiger partial charge >= 0.3 is 0 Å². The smallest absolute Gasteiger partial charge is 0.187 e. The maximum absolute atomic E-state index is 12.2. The van der Waals surface area contributed by atoms with E-state index in [1.165, 1.54) is 0 Å². The second-order valence-electron chi connectivity index (χ2n) is 15.9. The average molecular weight is 859 g/mol. The summed E-state index contributed by atoms with van der Waals surface area (Å²) >= 11 is 0. The molecule has 0 radical (unpaired) electrons. The number of rotatable bonds is 21. The van der Waals surface area contributed by atoms with Gasteiger partial charge in [0.25, 0.3) is 0 Å². The van der Waals surface area contributed by atoms with Crippen molar-refractivity contribution < 1.29 is 52.5 Å². The molecule has 0 spiro atoms. The number of aliphatic hydroxyl groups is 1. The SMILES string of the molecule is C=CCCCO[C@@H]1O[C@@H]2COC(c3ccccc3)O[C@@H]2[C@H](O[C@@H]2O[C@H](COCc3ccccc3)[C@H](OCc3ccccc3)[C@H](OCc3ccccc3)[C@H]2OCc2ccccc2)[C@H]1O. The van der Waals surface area contributed by atoms with Crippen LogP contribution in [0.4, 0.5) is 0 Å². The highest BCUT2D eigenvalue weighted by Gasteiger charge is 2.55. The van der Waals surface area contributed by atoms with E-state index in [0.29, 0.717) is 19.6 Å². The Hall–Kier alpha value is -4.60. The monoisotopic (exact) mass is 858 g/mol. The molecular formula is C52H58O11. The summed E-state index contributed by atoms with van der Waals surface area (Å²) in [6.45, 7) is 5.61. The molecule has 0 aromatic heterocycles. The molecule has 3 saturated heterocycles. The predicted molar refractivity (Wildman–Crippen MR) is 235 cm³/mol. The van der Waals surface area contributed by atoms with E-state index in [9.17, 15) is 5.11 Å². The first-order valence-electron chi connectivity index (χ1n) is 21.9. The molecule has 11 nitrogen and oxygen atoms in total. The van der Waals surface area contributed by atoms with Crippen molar-refractivity contribution in [2.75, 3.05) is 19.8 Å². The molecule has 5 aromatic carbocycles. The maximum atomic E-state index is 12.2. The van der Waals surface area contributed by atoms with Crippen LogP contribution in [-0.4, -0.2) is 86.3 Å². The van der Waals surface area contributed by atoms with Gasteiger partial charge in [-0.05, 0) is 35.1 Å². The van der Waals surface area contributed by atoms with Crippen LogP contribution in [0, 0.1) is 0 Å². The van der Waals surface area contributed by atoms with Gasteiger partial charge in [-0.2, -0.15) is 0 Å². The first-order chi connectivity index (χ1) is 31.1. The molecule has 0 bridgehead atoms. The van der Waals surface area contributed by atoms with Crippen LogP contribution in [0.2, 0.25) is 0 Å². The molecular weight excluding hydrogens is 801 g/mol. The minimum absolute atomic E-state index is 0.142. The topological polar surface area (TPSA) is 113 Å². The van der Waals surface area contributed by atoms with Gasteiger partial charge in [-0.1, -0.05) is 158 Å². The number of allylic oxidation sites excluding steroid dienone is 1. The Morgan fingerprint density at radius 3 is 1.65 bits per heavy atom. The van der Waals surface area contributed by atoms with Gasteiger partial charge in [0.1, 0.15) is 48.8 Å². The lowest BCUT2D eigenvalue weighted by Crippen LogP contribution is -2.67. The number of hydrogen-bond donors (Lipinski definition) is 1. The fourth-order valence-corrected chi connectivity index (χ4v) is 8.07. The van der Waals surface area contributed by atoms with Crippen molar-refractivity contribution in [1.29, 1.82) is 0 Å². The highest BCUT2D eigenvalue weighted by Crippen LogP contribution is 2.39. The fourth-order valence-electron chi connectivity index (χ4n) is 8.07. The minimum Gasteiger partial charge on any atom is -0.385 e. The van der Waals surface area contributed by atoms with Gasteiger partial charge in [0.15, 0.2) is 18.9 Å². The molecule has 3 heterocycles. The molecule has 0 saturated carbocycles. The molecule has 3 fully saturated rings. The molecule has 0 aliphatic carbocycles. The van der Waals surface area contributed by atoms with Gasteiger partial charge < -0.3 is 52.5 Å². The molecule has 11 heteroatoms. The molecule has 1 N–H and O–H groups in total. The lowest BCUT2D eigenvalue weighted by Gasteiger charge is -2.51. The first kappa shape index (κ1) is 45.0. The van der Waals surface area contributed by atoms with Crippen LogP contribution < -0.4 is 0 Å². The van der Waals surface area contributed by atoms with E-state index < -0.39 is 67.7 Å². The van der Waals surface area contributed by atoms with Gasteiger partial charge in [0, 0.05) is 5.56 Å². The summed E-state index contributed by atoms with van der Waals surface area (Å²) in [5.41, 5.74) is 4.76. The second-order valence-corrected chi connectivity index (χ2v) is 15.9. The second kappa shape index (κ2) is 23.4. The molecule has 5 aromatic rings. The van der Waals surface area contributed by atoms with Crippen LogP contribution in [0.25, 0.3) is 0 Å². The highest BCUT2D eigenvalue weighted by molar-refractivity contribution is 5.18. The third-order valence-electron chi connectivity index (χ3n) is 11.3. The van der Waals surface area contributed by atoms with E-state index in [1.807, 2.05) is 158 Å². The predicted octanol–water partition coefficient (Wildman–Crippen LogP) is 8.25. The number of ether oxygens (including phenoxy) is 10. The molecule has 0 amide bonds. The quantitative estimate of drug-likeness (QED) is 0.0569. The summed E-state index contributed by atoms with van der Waals surface area (Å²) in [5.74, 6) is 0. The molecule has 8 rings (SSSR count). The zero-order valence-corrected chi connectivity index (χ0v) is 35.5. The average Bonchev–Trinajstić information content (AvgIpc) is 3.34. The van der Waals surface area contributed by atoms with Crippen LogP contribution >= 0.6 is 0 Å². The number of unbranched alkanes of at least 4 members (excludes halogenated alkanes) is 1. The molecule has 1 unspecified atom stereocenters.